The van der Waals surface area contributed by atoms with E-state index in [1.54, 1.807) is 12.1 Å². The first-order valence-corrected chi connectivity index (χ1v) is 15.1. The van der Waals surface area contributed by atoms with Gasteiger partial charge in [-0.05, 0) is 65.1 Å². The van der Waals surface area contributed by atoms with Gasteiger partial charge in [0.25, 0.3) is 0 Å². The van der Waals surface area contributed by atoms with Crippen LogP contribution in [-0.2, 0) is 27.6 Å². The quantitative estimate of drug-likeness (QED) is 0.260. The van der Waals surface area contributed by atoms with E-state index in [1.807, 2.05) is 48.5 Å². The molecule has 5 rings (SSSR count). The molecule has 0 fully saturated rings. The van der Waals surface area contributed by atoms with Gasteiger partial charge in [0.1, 0.15) is 11.6 Å². The zero-order chi connectivity index (χ0) is 27.6. The van der Waals surface area contributed by atoms with Crippen molar-refractivity contribution in [2.75, 3.05) is 11.4 Å². The maximum atomic E-state index is 13.5. The Bertz CT molecular complexity index is 1630. The normalized spacial score (nSPS) is 15.6. The molecule has 0 saturated carbocycles. The summed E-state index contributed by atoms with van der Waals surface area (Å²) in [6, 6.07) is 26.6. The van der Waals surface area contributed by atoms with Gasteiger partial charge in [-0.3, -0.25) is 9.79 Å². The van der Waals surface area contributed by atoms with Gasteiger partial charge < -0.3 is 9.42 Å². The van der Waals surface area contributed by atoms with E-state index >= 15 is 0 Å². The van der Waals surface area contributed by atoms with Crippen molar-refractivity contribution in [1.82, 2.24) is 4.72 Å². The minimum atomic E-state index is -4.85. The second-order valence-electron chi connectivity index (χ2n) is 9.30. The van der Waals surface area contributed by atoms with E-state index < -0.39 is 23.9 Å². The van der Waals surface area contributed by atoms with Gasteiger partial charge in [-0.15, -0.1) is 0 Å². The van der Waals surface area contributed by atoms with Gasteiger partial charge in [-0.2, -0.15) is 0 Å². The molecule has 1 atom stereocenters. The first-order chi connectivity index (χ1) is 18.6. The number of hydrogen-bond donors (Lipinski definition) is 3. The Morgan fingerprint density at radius 1 is 0.923 bits per heavy atom. The summed E-state index contributed by atoms with van der Waals surface area (Å²) >= 11 is 0. The summed E-state index contributed by atoms with van der Waals surface area (Å²) in [5.41, 5.74) is 4.72. The molecule has 39 heavy (non-hydrogen) atoms. The molecule has 0 aromatic heterocycles. The molecular formula is C28H26FN2O6PS. The van der Waals surface area contributed by atoms with Crippen LogP contribution in [0.5, 0.6) is 5.75 Å². The Kier molecular flexibility index (Phi) is 7.57. The van der Waals surface area contributed by atoms with Gasteiger partial charge in [0.15, 0.2) is 0 Å². The fourth-order valence-electron chi connectivity index (χ4n) is 4.73. The zero-order valence-electron chi connectivity index (χ0n) is 20.6. The molecule has 0 saturated heterocycles. The van der Waals surface area contributed by atoms with Crippen molar-refractivity contribution in [3.63, 3.8) is 0 Å². The first-order valence-electron chi connectivity index (χ1n) is 12.1. The lowest BCUT2D eigenvalue weighted by Gasteiger charge is -2.37. The highest BCUT2D eigenvalue weighted by atomic mass is 32.2. The molecule has 0 spiro atoms. The Balaban J connectivity index is 1.45. The SMILES string of the molecule is O=P(O)(O)Oc1cccc(S(=O)(=O)N[C@@H]2Cc3cc(-c4ccc(F)cc4)ccc3N(Cc3ccccc3)C2)c1. The van der Waals surface area contributed by atoms with E-state index in [2.05, 4.69) is 14.1 Å². The molecule has 202 valence electrons. The fraction of sp³-hybridized carbons (Fsp3) is 0.143. The largest absolute Gasteiger partial charge is 0.524 e. The molecule has 0 radical (unpaired) electrons. The molecule has 0 bridgehead atoms. The van der Waals surface area contributed by atoms with E-state index in [-0.39, 0.29) is 16.5 Å². The van der Waals surface area contributed by atoms with Gasteiger partial charge in [-0.25, -0.2) is 22.1 Å². The first kappa shape index (κ1) is 27.1. The van der Waals surface area contributed by atoms with Crippen LogP contribution in [0.3, 0.4) is 0 Å². The molecule has 1 heterocycles. The number of halogens is 1. The number of fused-ring (bicyclic) bond motifs is 1. The smallest absolute Gasteiger partial charge is 0.404 e. The van der Waals surface area contributed by atoms with Gasteiger partial charge in [0.2, 0.25) is 10.0 Å². The lowest BCUT2D eigenvalue weighted by atomic mass is 9.94. The number of phosphoric ester groups is 1. The van der Waals surface area contributed by atoms with Crippen molar-refractivity contribution < 1.29 is 31.7 Å². The van der Waals surface area contributed by atoms with Gasteiger partial charge in [-0.1, -0.05) is 54.6 Å². The van der Waals surface area contributed by atoms with Crippen LogP contribution in [0.25, 0.3) is 11.1 Å². The standard InChI is InChI=1S/C28H26FN2O6PS/c29-24-12-9-21(10-13-24)22-11-14-28-23(15-22)16-25(19-31(28)18-20-5-2-1-3-6-20)30-39(35,36)27-8-4-7-26(17-27)37-38(32,33)34/h1-15,17,25,30H,16,18-19H2,(H2,32,33,34)/t25-/m1/s1. The molecule has 4 aromatic rings. The van der Waals surface area contributed by atoms with Crippen LogP contribution < -0.4 is 14.1 Å². The highest BCUT2D eigenvalue weighted by molar-refractivity contribution is 7.89. The average molecular weight is 569 g/mol. The van der Waals surface area contributed by atoms with Crippen molar-refractivity contribution in [3.8, 4) is 16.9 Å². The van der Waals surface area contributed by atoms with Crippen LogP contribution in [0.1, 0.15) is 11.1 Å². The third-order valence-corrected chi connectivity index (χ3v) is 8.35. The Morgan fingerprint density at radius 3 is 2.36 bits per heavy atom. The van der Waals surface area contributed by atoms with Crippen molar-refractivity contribution in [3.05, 3.63) is 114 Å². The van der Waals surface area contributed by atoms with Crippen LogP contribution in [-0.4, -0.2) is 30.8 Å². The lowest BCUT2D eigenvalue weighted by Crippen LogP contribution is -2.48. The van der Waals surface area contributed by atoms with Crippen molar-refractivity contribution in [2.24, 2.45) is 0 Å². The molecular weight excluding hydrogens is 542 g/mol. The maximum Gasteiger partial charge on any atom is 0.524 e. The van der Waals surface area contributed by atoms with Crippen molar-refractivity contribution in [2.45, 2.75) is 23.9 Å². The predicted molar refractivity (Wildman–Crippen MR) is 146 cm³/mol. The summed E-state index contributed by atoms with van der Waals surface area (Å²) in [5.74, 6) is -0.578. The minimum absolute atomic E-state index is 0.172. The predicted octanol–water partition coefficient (Wildman–Crippen LogP) is 4.87. The number of rotatable bonds is 8. The fourth-order valence-corrected chi connectivity index (χ4v) is 6.38. The third-order valence-electron chi connectivity index (χ3n) is 6.38. The topological polar surface area (TPSA) is 116 Å². The second-order valence-corrected chi connectivity index (χ2v) is 12.2. The zero-order valence-corrected chi connectivity index (χ0v) is 22.4. The van der Waals surface area contributed by atoms with E-state index in [0.717, 1.165) is 34.0 Å². The summed E-state index contributed by atoms with van der Waals surface area (Å²) in [5, 5.41) is 0. The van der Waals surface area contributed by atoms with Gasteiger partial charge in [0, 0.05) is 30.9 Å². The third kappa shape index (κ3) is 6.73. The maximum absolute atomic E-state index is 13.5. The number of benzene rings is 4. The number of hydrogen-bond acceptors (Lipinski definition) is 5. The summed E-state index contributed by atoms with van der Waals surface area (Å²) < 4.78 is 58.6. The Morgan fingerprint density at radius 2 is 1.64 bits per heavy atom. The molecule has 1 aliphatic heterocycles. The van der Waals surface area contributed by atoms with E-state index in [0.29, 0.717) is 19.5 Å². The molecule has 0 amide bonds. The molecule has 4 aromatic carbocycles. The molecule has 11 heteroatoms. The molecule has 0 aliphatic carbocycles. The average Bonchev–Trinajstić information content (AvgIpc) is 2.88. The summed E-state index contributed by atoms with van der Waals surface area (Å²) in [7, 11) is -8.90. The van der Waals surface area contributed by atoms with Gasteiger partial charge in [0.05, 0.1) is 4.90 Å². The summed E-state index contributed by atoms with van der Waals surface area (Å²) in [4.78, 5) is 20.1. The highest BCUT2D eigenvalue weighted by Crippen LogP contribution is 2.38. The molecule has 1 aliphatic rings. The molecule has 8 nitrogen and oxygen atoms in total. The Labute approximate surface area is 226 Å². The van der Waals surface area contributed by atoms with E-state index in [1.165, 1.54) is 30.3 Å². The number of sulfonamides is 1. The summed E-state index contributed by atoms with van der Waals surface area (Å²) in [6.07, 6.45) is 0.410. The molecule has 0 unspecified atom stereocenters. The summed E-state index contributed by atoms with van der Waals surface area (Å²) in [6.45, 7) is 0.962. The highest BCUT2D eigenvalue weighted by Gasteiger charge is 2.29. The monoisotopic (exact) mass is 568 g/mol. The van der Waals surface area contributed by atoms with Crippen LogP contribution in [0.2, 0.25) is 0 Å². The van der Waals surface area contributed by atoms with Crippen LogP contribution >= 0.6 is 7.82 Å². The van der Waals surface area contributed by atoms with Crippen LogP contribution in [0.4, 0.5) is 10.1 Å². The molecule has 3 N–H and O–H groups in total. The number of phosphoric acid groups is 1. The number of nitrogens with one attached hydrogen (secondary N) is 1. The minimum Gasteiger partial charge on any atom is -0.404 e. The van der Waals surface area contributed by atoms with E-state index in [9.17, 15) is 17.4 Å². The van der Waals surface area contributed by atoms with Crippen molar-refractivity contribution in [1.29, 1.82) is 0 Å². The van der Waals surface area contributed by atoms with Crippen LogP contribution in [0.15, 0.2) is 102 Å². The number of nitrogens with zero attached hydrogens (tertiary/aromatic N) is 1. The van der Waals surface area contributed by atoms with Crippen molar-refractivity contribution >= 4 is 23.5 Å². The Hall–Kier alpha value is -3.53. The lowest BCUT2D eigenvalue weighted by molar-refractivity contribution is 0.283. The van der Waals surface area contributed by atoms with E-state index in [4.69, 9.17) is 9.79 Å². The van der Waals surface area contributed by atoms with Gasteiger partial charge >= 0.3 is 7.82 Å². The second kappa shape index (κ2) is 10.9. The van der Waals surface area contributed by atoms with Crippen LogP contribution in [0, 0.1) is 5.82 Å². The number of anilines is 1.